The summed E-state index contributed by atoms with van der Waals surface area (Å²) in [4.78, 5) is 45.3. The number of ether oxygens (including phenoxy) is 1. The summed E-state index contributed by atoms with van der Waals surface area (Å²) in [6.07, 6.45) is 1.23. The van der Waals surface area contributed by atoms with Crippen LogP contribution in [0.4, 0.5) is 0 Å². The summed E-state index contributed by atoms with van der Waals surface area (Å²) in [5.74, 6) is -1.07. The van der Waals surface area contributed by atoms with Crippen LogP contribution in [0.15, 0.2) is 21.9 Å². The van der Waals surface area contributed by atoms with Gasteiger partial charge in [0.1, 0.15) is 13.1 Å². The molecule has 0 aliphatic carbocycles. The van der Waals surface area contributed by atoms with E-state index in [0.29, 0.717) is 0 Å². The van der Waals surface area contributed by atoms with Crippen LogP contribution in [0.3, 0.4) is 0 Å². The molecule has 0 aromatic carbocycles. The summed E-state index contributed by atoms with van der Waals surface area (Å²) in [6, 6.07) is 1.18. The molecular formula is C11H15N3O5. The van der Waals surface area contributed by atoms with Crippen molar-refractivity contribution in [3.63, 3.8) is 0 Å². The second-order valence-electron chi connectivity index (χ2n) is 3.71. The molecule has 0 spiro atoms. The zero-order valence-electron chi connectivity index (χ0n) is 10.7. The fourth-order valence-electron chi connectivity index (χ4n) is 1.33. The molecule has 0 saturated heterocycles. The summed E-state index contributed by atoms with van der Waals surface area (Å²) in [6.45, 7) is 1.36. The van der Waals surface area contributed by atoms with Crippen LogP contribution in [-0.4, -0.2) is 34.2 Å². The van der Waals surface area contributed by atoms with Gasteiger partial charge in [-0.1, -0.05) is 0 Å². The van der Waals surface area contributed by atoms with Gasteiger partial charge in [-0.3, -0.25) is 23.5 Å². The number of carbonyl (C=O) groups is 2. The molecule has 19 heavy (non-hydrogen) atoms. The predicted molar refractivity (Wildman–Crippen MR) is 65.6 cm³/mol. The number of nitrogens with one attached hydrogen (secondary N) is 1. The van der Waals surface area contributed by atoms with Crippen molar-refractivity contribution in [1.29, 1.82) is 0 Å². The normalized spacial score (nSPS) is 10.0. The maximum absolute atomic E-state index is 11.6. The van der Waals surface area contributed by atoms with Crippen molar-refractivity contribution in [1.82, 2.24) is 14.5 Å². The minimum Gasteiger partial charge on any atom is -0.465 e. The Bertz CT molecular complexity index is 587. The Balaban J connectivity index is 2.63. The Kier molecular flexibility index (Phi) is 5.04. The average molecular weight is 269 g/mol. The van der Waals surface area contributed by atoms with E-state index in [0.717, 1.165) is 9.13 Å². The van der Waals surface area contributed by atoms with Crippen molar-refractivity contribution in [3.8, 4) is 0 Å². The molecule has 1 heterocycles. The fourth-order valence-corrected chi connectivity index (χ4v) is 1.33. The van der Waals surface area contributed by atoms with Gasteiger partial charge in [0.05, 0.1) is 6.61 Å². The predicted octanol–water partition coefficient (Wildman–Crippen LogP) is -1.77. The van der Waals surface area contributed by atoms with E-state index < -0.39 is 23.1 Å². The lowest BCUT2D eigenvalue weighted by Gasteiger charge is -2.07. The third-order valence-corrected chi connectivity index (χ3v) is 2.31. The molecule has 104 valence electrons. The summed E-state index contributed by atoms with van der Waals surface area (Å²) < 4.78 is 6.59. The van der Waals surface area contributed by atoms with Gasteiger partial charge >= 0.3 is 11.7 Å². The van der Waals surface area contributed by atoms with E-state index in [1.165, 1.54) is 19.3 Å². The summed E-state index contributed by atoms with van der Waals surface area (Å²) in [5, 5.41) is 2.32. The molecule has 0 bridgehead atoms. The lowest BCUT2D eigenvalue weighted by Crippen LogP contribution is -2.41. The average Bonchev–Trinajstić information content (AvgIpc) is 2.37. The fraction of sp³-hybridized carbons (Fsp3) is 0.455. The number of hydrogen-bond donors (Lipinski definition) is 1. The Morgan fingerprint density at radius 1 is 1.37 bits per heavy atom. The Morgan fingerprint density at radius 2 is 2.05 bits per heavy atom. The molecular weight excluding hydrogens is 254 g/mol. The molecule has 1 rings (SSSR count). The van der Waals surface area contributed by atoms with E-state index in [1.54, 1.807) is 6.92 Å². The third-order valence-electron chi connectivity index (χ3n) is 2.31. The van der Waals surface area contributed by atoms with Crippen molar-refractivity contribution in [2.24, 2.45) is 7.05 Å². The van der Waals surface area contributed by atoms with E-state index in [4.69, 9.17) is 0 Å². The van der Waals surface area contributed by atoms with Crippen LogP contribution in [0.1, 0.15) is 6.92 Å². The van der Waals surface area contributed by atoms with E-state index in [2.05, 4.69) is 10.1 Å². The number of rotatable bonds is 5. The highest BCUT2D eigenvalue weighted by atomic mass is 16.5. The molecule has 0 saturated carbocycles. The Hall–Kier alpha value is -2.38. The zero-order chi connectivity index (χ0) is 14.4. The Labute approximate surface area is 108 Å². The van der Waals surface area contributed by atoms with E-state index in [-0.39, 0.29) is 19.7 Å². The molecule has 8 nitrogen and oxygen atoms in total. The van der Waals surface area contributed by atoms with Gasteiger partial charge in [0.2, 0.25) is 5.91 Å². The number of amides is 1. The lowest BCUT2D eigenvalue weighted by atomic mass is 10.5. The van der Waals surface area contributed by atoms with Gasteiger partial charge in [0, 0.05) is 19.3 Å². The maximum Gasteiger partial charge on any atom is 0.331 e. The highest BCUT2D eigenvalue weighted by molar-refractivity contribution is 5.81. The molecule has 0 aliphatic rings. The van der Waals surface area contributed by atoms with Crippen LogP contribution in [0.5, 0.6) is 0 Å². The van der Waals surface area contributed by atoms with Crippen LogP contribution in [0.25, 0.3) is 0 Å². The van der Waals surface area contributed by atoms with Crippen molar-refractivity contribution in [2.45, 2.75) is 13.5 Å². The van der Waals surface area contributed by atoms with Gasteiger partial charge in [-0.25, -0.2) is 4.79 Å². The molecule has 1 aromatic rings. The Morgan fingerprint density at radius 3 is 2.68 bits per heavy atom. The largest absolute Gasteiger partial charge is 0.465 e. The number of nitrogens with zero attached hydrogens (tertiary/aromatic N) is 2. The highest BCUT2D eigenvalue weighted by Gasteiger charge is 2.08. The van der Waals surface area contributed by atoms with Crippen molar-refractivity contribution in [3.05, 3.63) is 33.1 Å². The van der Waals surface area contributed by atoms with Gasteiger partial charge in [-0.05, 0) is 6.92 Å². The molecule has 0 atom stereocenters. The summed E-state index contributed by atoms with van der Waals surface area (Å²) in [7, 11) is 1.32. The summed E-state index contributed by atoms with van der Waals surface area (Å²) in [5.41, 5.74) is -1.05. The summed E-state index contributed by atoms with van der Waals surface area (Å²) >= 11 is 0. The van der Waals surface area contributed by atoms with Gasteiger partial charge in [0.15, 0.2) is 0 Å². The van der Waals surface area contributed by atoms with Gasteiger partial charge in [-0.2, -0.15) is 0 Å². The van der Waals surface area contributed by atoms with Gasteiger partial charge < -0.3 is 10.1 Å². The molecule has 0 unspecified atom stereocenters. The van der Waals surface area contributed by atoms with Gasteiger partial charge in [0.25, 0.3) is 5.56 Å². The first-order valence-electron chi connectivity index (χ1n) is 5.64. The second-order valence-corrected chi connectivity index (χ2v) is 3.71. The maximum atomic E-state index is 11.6. The molecule has 0 fully saturated rings. The number of esters is 1. The number of aromatic nitrogens is 2. The number of hydrogen-bond acceptors (Lipinski definition) is 5. The van der Waals surface area contributed by atoms with Crippen molar-refractivity contribution < 1.29 is 14.3 Å². The van der Waals surface area contributed by atoms with Crippen LogP contribution in [0.2, 0.25) is 0 Å². The van der Waals surface area contributed by atoms with Crippen LogP contribution < -0.4 is 16.6 Å². The van der Waals surface area contributed by atoms with Crippen LogP contribution in [0, 0.1) is 0 Å². The van der Waals surface area contributed by atoms with E-state index in [9.17, 15) is 19.2 Å². The first kappa shape index (κ1) is 14.7. The second kappa shape index (κ2) is 6.53. The minimum atomic E-state index is -0.598. The standard InChI is InChI=1S/C11H15N3O5/c1-3-19-10(17)6-12-8(15)7-14-5-4-9(16)13(2)11(14)18/h4-5H,3,6-7H2,1-2H3,(H,12,15). The van der Waals surface area contributed by atoms with Crippen LogP contribution in [-0.2, 0) is 27.9 Å². The highest BCUT2D eigenvalue weighted by Crippen LogP contribution is 1.81. The first-order chi connectivity index (χ1) is 8.95. The molecule has 8 heteroatoms. The molecule has 0 aliphatic heterocycles. The van der Waals surface area contributed by atoms with Gasteiger partial charge in [-0.15, -0.1) is 0 Å². The molecule has 1 aromatic heterocycles. The van der Waals surface area contributed by atoms with Crippen molar-refractivity contribution >= 4 is 11.9 Å². The SMILES string of the molecule is CCOC(=O)CNC(=O)Cn1ccc(=O)n(C)c1=O. The quantitative estimate of drug-likeness (QED) is 0.637. The zero-order valence-corrected chi connectivity index (χ0v) is 10.7. The molecule has 1 amide bonds. The van der Waals surface area contributed by atoms with E-state index >= 15 is 0 Å². The molecule has 0 radical (unpaired) electrons. The minimum absolute atomic E-state index is 0.231. The topological polar surface area (TPSA) is 99.4 Å². The smallest absolute Gasteiger partial charge is 0.331 e. The lowest BCUT2D eigenvalue weighted by molar-refractivity contribution is -0.143. The van der Waals surface area contributed by atoms with Crippen molar-refractivity contribution in [2.75, 3.05) is 13.2 Å². The van der Waals surface area contributed by atoms with E-state index in [1.807, 2.05) is 0 Å². The third kappa shape index (κ3) is 4.09. The number of carbonyl (C=O) groups excluding carboxylic acids is 2. The first-order valence-corrected chi connectivity index (χ1v) is 5.64. The molecule has 1 N–H and O–H groups in total. The van der Waals surface area contributed by atoms with Crippen LogP contribution >= 0.6 is 0 Å². The monoisotopic (exact) mass is 269 g/mol.